The van der Waals surface area contributed by atoms with E-state index in [0.29, 0.717) is 18.7 Å². The van der Waals surface area contributed by atoms with E-state index in [9.17, 15) is 4.79 Å². The van der Waals surface area contributed by atoms with Crippen LogP contribution in [0.4, 0.5) is 0 Å². The Balaban J connectivity index is 2.09. The number of carbonyl (C=O) groups excluding carboxylic acids is 1. The minimum atomic E-state index is 0.252. The van der Waals surface area contributed by atoms with Crippen molar-refractivity contribution in [3.8, 4) is 0 Å². The number of ketones is 1. The summed E-state index contributed by atoms with van der Waals surface area (Å²) in [4.78, 5) is 17.6. The van der Waals surface area contributed by atoms with Gasteiger partial charge in [-0.05, 0) is 19.1 Å². The predicted molar refractivity (Wildman–Crippen MR) is 53.8 cm³/mol. The minimum absolute atomic E-state index is 0.252. The first-order chi connectivity index (χ1) is 6.77. The monoisotopic (exact) mass is 190 g/mol. The molecule has 3 nitrogen and oxygen atoms in total. The fourth-order valence-electron chi connectivity index (χ4n) is 1.79. The molecule has 1 saturated heterocycles. The number of hydrogen-bond acceptors (Lipinski definition) is 3. The van der Waals surface area contributed by atoms with Crippen LogP contribution in [0.5, 0.6) is 0 Å². The molecule has 1 aliphatic heterocycles. The Kier molecular flexibility index (Phi) is 2.59. The fraction of sp³-hybridized carbons (Fsp3) is 0.455. The Morgan fingerprint density at radius 1 is 1.50 bits per heavy atom. The van der Waals surface area contributed by atoms with Crippen LogP contribution in [-0.2, 0) is 4.79 Å². The molecular formula is C11H14N2O. The van der Waals surface area contributed by atoms with Gasteiger partial charge in [0.1, 0.15) is 5.78 Å². The third-order valence-corrected chi connectivity index (χ3v) is 2.72. The van der Waals surface area contributed by atoms with Gasteiger partial charge in [-0.2, -0.15) is 0 Å². The SMILES string of the molecule is CC(c1ccccn1)N1CCC(=O)C1. The first-order valence-electron chi connectivity index (χ1n) is 4.94. The molecule has 2 heterocycles. The highest BCUT2D eigenvalue weighted by molar-refractivity contribution is 5.82. The van der Waals surface area contributed by atoms with Gasteiger partial charge >= 0.3 is 0 Å². The summed E-state index contributed by atoms with van der Waals surface area (Å²) in [5.41, 5.74) is 1.04. The molecule has 0 aromatic carbocycles. The lowest BCUT2D eigenvalue weighted by atomic mass is 10.2. The molecule has 0 N–H and O–H groups in total. The van der Waals surface area contributed by atoms with Gasteiger partial charge in [-0.1, -0.05) is 6.07 Å². The van der Waals surface area contributed by atoms with Gasteiger partial charge in [0.25, 0.3) is 0 Å². The lowest BCUT2D eigenvalue weighted by molar-refractivity contribution is -0.117. The smallest absolute Gasteiger partial charge is 0.148 e. The Labute approximate surface area is 83.8 Å². The lowest BCUT2D eigenvalue weighted by Gasteiger charge is -2.21. The van der Waals surface area contributed by atoms with Crippen LogP contribution in [0.15, 0.2) is 24.4 Å². The molecular weight excluding hydrogens is 176 g/mol. The molecule has 1 unspecified atom stereocenters. The van der Waals surface area contributed by atoms with Crippen LogP contribution in [0.25, 0.3) is 0 Å². The molecule has 0 spiro atoms. The minimum Gasteiger partial charge on any atom is -0.298 e. The van der Waals surface area contributed by atoms with Gasteiger partial charge in [-0.25, -0.2) is 0 Å². The largest absolute Gasteiger partial charge is 0.298 e. The molecule has 1 atom stereocenters. The number of carbonyl (C=O) groups is 1. The standard InChI is InChI=1S/C11H14N2O/c1-9(11-4-2-3-6-12-11)13-7-5-10(14)8-13/h2-4,6,9H,5,7-8H2,1H3. The molecule has 3 heteroatoms. The molecule has 1 aliphatic rings. The third kappa shape index (κ3) is 1.82. The zero-order valence-electron chi connectivity index (χ0n) is 8.31. The summed E-state index contributed by atoms with van der Waals surface area (Å²) < 4.78 is 0. The Morgan fingerprint density at radius 3 is 2.93 bits per heavy atom. The van der Waals surface area contributed by atoms with Crippen molar-refractivity contribution < 1.29 is 4.79 Å². The normalized spacial score (nSPS) is 19.9. The number of rotatable bonds is 2. The third-order valence-electron chi connectivity index (χ3n) is 2.72. The maximum atomic E-state index is 11.1. The molecule has 1 aromatic rings. The zero-order valence-corrected chi connectivity index (χ0v) is 8.31. The summed E-state index contributed by atoms with van der Waals surface area (Å²) in [6.07, 6.45) is 2.49. The molecule has 2 rings (SSSR count). The van der Waals surface area contributed by atoms with E-state index in [1.807, 2.05) is 18.2 Å². The van der Waals surface area contributed by atoms with Gasteiger partial charge in [-0.3, -0.25) is 14.7 Å². The number of likely N-dealkylation sites (tertiary alicyclic amines) is 1. The van der Waals surface area contributed by atoms with E-state index in [1.165, 1.54) is 0 Å². The molecule has 1 aromatic heterocycles. The number of Topliss-reactive ketones (excluding diaryl/α,β-unsaturated/α-hetero) is 1. The van der Waals surface area contributed by atoms with Crippen LogP contribution < -0.4 is 0 Å². The average Bonchev–Trinajstić information content (AvgIpc) is 2.65. The van der Waals surface area contributed by atoms with Crippen LogP contribution in [0.1, 0.15) is 25.1 Å². The van der Waals surface area contributed by atoms with Crippen molar-refractivity contribution in [2.24, 2.45) is 0 Å². The maximum absolute atomic E-state index is 11.1. The van der Waals surface area contributed by atoms with Crippen molar-refractivity contribution in [1.29, 1.82) is 0 Å². The summed E-state index contributed by atoms with van der Waals surface area (Å²) in [5.74, 6) is 0.341. The number of pyridine rings is 1. The van der Waals surface area contributed by atoms with Crippen molar-refractivity contribution in [3.05, 3.63) is 30.1 Å². The first-order valence-corrected chi connectivity index (χ1v) is 4.94. The molecule has 74 valence electrons. The van der Waals surface area contributed by atoms with Crippen molar-refractivity contribution in [2.45, 2.75) is 19.4 Å². The maximum Gasteiger partial charge on any atom is 0.148 e. The van der Waals surface area contributed by atoms with Gasteiger partial charge in [0.05, 0.1) is 12.2 Å². The summed E-state index contributed by atoms with van der Waals surface area (Å²) in [6.45, 7) is 3.55. The molecule has 0 amide bonds. The van der Waals surface area contributed by atoms with Crippen LogP contribution in [-0.4, -0.2) is 28.8 Å². The Hall–Kier alpha value is -1.22. The van der Waals surface area contributed by atoms with Gasteiger partial charge in [0, 0.05) is 25.2 Å². The van der Waals surface area contributed by atoms with E-state index < -0.39 is 0 Å². The second kappa shape index (κ2) is 3.88. The summed E-state index contributed by atoms with van der Waals surface area (Å²) in [7, 11) is 0. The number of hydrogen-bond donors (Lipinski definition) is 0. The van der Waals surface area contributed by atoms with Gasteiger partial charge < -0.3 is 0 Å². The Bertz CT molecular complexity index is 323. The van der Waals surface area contributed by atoms with Crippen molar-refractivity contribution in [3.63, 3.8) is 0 Å². The highest BCUT2D eigenvalue weighted by atomic mass is 16.1. The second-order valence-corrected chi connectivity index (χ2v) is 3.69. The second-order valence-electron chi connectivity index (χ2n) is 3.69. The van der Waals surface area contributed by atoms with E-state index in [0.717, 1.165) is 12.2 Å². The van der Waals surface area contributed by atoms with Crippen LogP contribution in [0, 0.1) is 0 Å². The lowest BCUT2D eigenvalue weighted by Crippen LogP contribution is -2.25. The van der Waals surface area contributed by atoms with E-state index >= 15 is 0 Å². The number of nitrogens with zero attached hydrogens (tertiary/aromatic N) is 2. The van der Waals surface area contributed by atoms with Crippen molar-refractivity contribution in [1.82, 2.24) is 9.88 Å². The highest BCUT2D eigenvalue weighted by Gasteiger charge is 2.24. The van der Waals surface area contributed by atoms with Gasteiger partial charge in [-0.15, -0.1) is 0 Å². The molecule has 14 heavy (non-hydrogen) atoms. The van der Waals surface area contributed by atoms with Crippen molar-refractivity contribution >= 4 is 5.78 Å². The van der Waals surface area contributed by atoms with Crippen molar-refractivity contribution in [2.75, 3.05) is 13.1 Å². The van der Waals surface area contributed by atoms with Gasteiger partial charge in [0.15, 0.2) is 0 Å². The Morgan fingerprint density at radius 2 is 2.36 bits per heavy atom. The fourth-order valence-corrected chi connectivity index (χ4v) is 1.79. The first kappa shape index (κ1) is 9.34. The molecule has 0 saturated carbocycles. The van der Waals surface area contributed by atoms with Crippen LogP contribution >= 0.6 is 0 Å². The average molecular weight is 190 g/mol. The molecule has 0 aliphatic carbocycles. The predicted octanol–water partition coefficient (Wildman–Crippen LogP) is 1.42. The quantitative estimate of drug-likeness (QED) is 0.707. The molecule has 1 fully saturated rings. The highest BCUT2D eigenvalue weighted by Crippen LogP contribution is 2.20. The van der Waals surface area contributed by atoms with E-state index in [2.05, 4.69) is 16.8 Å². The number of aromatic nitrogens is 1. The topological polar surface area (TPSA) is 33.2 Å². The van der Waals surface area contributed by atoms with E-state index in [1.54, 1.807) is 6.20 Å². The molecule has 0 bridgehead atoms. The van der Waals surface area contributed by atoms with E-state index in [-0.39, 0.29) is 6.04 Å². The summed E-state index contributed by atoms with van der Waals surface area (Å²) in [5, 5.41) is 0. The van der Waals surface area contributed by atoms with Crippen LogP contribution in [0.3, 0.4) is 0 Å². The van der Waals surface area contributed by atoms with E-state index in [4.69, 9.17) is 0 Å². The molecule has 0 radical (unpaired) electrons. The van der Waals surface area contributed by atoms with Gasteiger partial charge in [0.2, 0.25) is 0 Å². The van der Waals surface area contributed by atoms with Crippen LogP contribution in [0.2, 0.25) is 0 Å². The summed E-state index contributed by atoms with van der Waals surface area (Å²) in [6, 6.07) is 6.15. The summed E-state index contributed by atoms with van der Waals surface area (Å²) >= 11 is 0. The zero-order chi connectivity index (χ0) is 9.97.